The molecule has 0 aromatic carbocycles. The molecule has 1 fully saturated rings. The molecule has 0 aliphatic heterocycles. The van der Waals surface area contributed by atoms with Crippen LogP contribution in [0, 0.1) is 0 Å². The molecule has 0 aromatic rings. The molecular formula is C12H22N2O. The van der Waals surface area contributed by atoms with E-state index in [-0.39, 0.29) is 11.9 Å². The lowest BCUT2D eigenvalue weighted by molar-refractivity contribution is -0.132. The third-order valence-corrected chi connectivity index (χ3v) is 2.62. The van der Waals surface area contributed by atoms with Gasteiger partial charge in [0.1, 0.15) is 0 Å². The predicted octanol–water partition coefficient (Wildman–Crippen LogP) is 1.55. The lowest BCUT2D eigenvalue weighted by atomic mass is 10.2. The van der Waals surface area contributed by atoms with E-state index in [1.165, 1.54) is 12.8 Å². The van der Waals surface area contributed by atoms with E-state index >= 15 is 0 Å². The number of nitrogens with zero attached hydrogens (tertiary/aromatic N) is 1. The molecule has 15 heavy (non-hydrogen) atoms. The Hall–Kier alpha value is -0.830. The third-order valence-electron chi connectivity index (χ3n) is 2.62. The van der Waals surface area contributed by atoms with Crippen LogP contribution >= 0.6 is 0 Å². The molecule has 0 bridgehead atoms. The number of amides is 1. The van der Waals surface area contributed by atoms with Gasteiger partial charge in [-0.15, -0.1) is 6.58 Å². The monoisotopic (exact) mass is 210 g/mol. The van der Waals surface area contributed by atoms with E-state index in [9.17, 15) is 4.79 Å². The van der Waals surface area contributed by atoms with Gasteiger partial charge in [0.15, 0.2) is 0 Å². The van der Waals surface area contributed by atoms with Gasteiger partial charge < -0.3 is 10.2 Å². The third kappa shape index (κ3) is 4.47. The summed E-state index contributed by atoms with van der Waals surface area (Å²) in [5.74, 6) is 0.220. The van der Waals surface area contributed by atoms with E-state index in [1.54, 1.807) is 6.08 Å². The van der Waals surface area contributed by atoms with Gasteiger partial charge in [0.25, 0.3) is 0 Å². The van der Waals surface area contributed by atoms with Crippen molar-refractivity contribution in [1.82, 2.24) is 10.2 Å². The molecule has 3 nitrogen and oxygen atoms in total. The van der Waals surface area contributed by atoms with E-state index < -0.39 is 0 Å². The first kappa shape index (κ1) is 12.2. The van der Waals surface area contributed by atoms with Crippen LogP contribution in [0.5, 0.6) is 0 Å². The minimum absolute atomic E-state index is 0.220. The lowest BCUT2D eigenvalue weighted by Gasteiger charge is -2.25. The van der Waals surface area contributed by atoms with E-state index in [0.717, 1.165) is 6.54 Å². The van der Waals surface area contributed by atoms with Gasteiger partial charge in [-0.3, -0.25) is 4.79 Å². The Morgan fingerprint density at radius 2 is 2.27 bits per heavy atom. The van der Waals surface area contributed by atoms with Crippen LogP contribution < -0.4 is 5.32 Å². The Bertz CT molecular complexity index is 222. The SMILES string of the molecule is C=CCN(C(=O)CCNC1CC1)C(C)C. The second-order valence-electron chi connectivity index (χ2n) is 4.41. The molecule has 1 rings (SSSR count). The van der Waals surface area contributed by atoms with E-state index in [1.807, 2.05) is 18.7 Å². The molecule has 0 aromatic heterocycles. The minimum Gasteiger partial charge on any atom is -0.337 e. The second kappa shape index (κ2) is 5.91. The summed E-state index contributed by atoms with van der Waals surface area (Å²) in [6.45, 7) is 9.21. The highest BCUT2D eigenvalue weighted by atomic mass is 16.2. The van der Waals surface area contributed by atoms with Crippen molar-refractivity contribution in [2.24, 2.45) is 0 Å². The van der Waals surface area contributed by atoms with Gasteiger partial charge >= 0.3 is 0 Å². The maximum atomic E-state index is 11.8. The molecule has 0 heterocycles. The number of carbonyl (C=O) groups is 1. The van der Waals surface area contributed by atoms with Gasteiger partial charge in [0, 0.05) is 31.6 Å². The number of nitrogens with one attached hydrogen (secondary N) is 1. The summed E-state index contributed by atoms with van der Waals surface area (Å²) in [5.41, 5.74) is 0. The van der Waals surface area contributed by atoms with Crippen LogP contribution in [0.2, 0.25) is 0 Å². The Morgan fingerprint density at radius 1 is 1.60 bits per heavy atom. The molecule has 1 aliphatic rings. The highest BCUT2D eigenvalue weighted by Crippen LogP contribution is 2.18. The Labute approximate surface area is 92.5 Å². The Morgan fingerprint density at radius 3 is 2.73 bits per heavy atom. The van der Waals surface area contributed by atoms with Crippen LogP contribution in [0.25, 0.3) is 0 Å². The zero-order valence-electron chi connectivity index (χ0n) is 9.83. The van der Waals surface area contributed by atoms with Gasteiger partial charge in [0.05, 0.1) is 0 Å². The molecular weight excluding hydrogens is 188 g/mol. The summed E-state index contributed by atoms with van der Waals surface area (Å²) in [5, 5.41) is 3.35. The molecule has 0 saturated heterocycles. The van der Waals surface area contributed by atoms with Crippen LogP contribution in [0.3, 0.4) is 0 Å². The number of hydrogen-bond acceptors (Lipinski definition) is 2. The average molecular weight is 210 g/mol. The number of carbonyl (C=O) groups excluding carboxylic acids is 1. The first-order chi connectivity index (χ1) is 7.15. The van der Waals surface area contributed by atoms with Crippen LogP contribution in [-0.2, 0) is 4.79 Å². The lowest BCUT2D eigenvalue weighted by Crippen LogP contribution is -2.38. The molecule has 3 heteroatoms. The zero-order chi connectivity index (χ0) is 11.3. The van der Waals surface area contributed by atoms with Gasteiger partial charge in [0.2, 0.25) is 5.91 Å². The van der Waals surface area contributed by atoms with E-state index in [4.69, 9.17) is 0 Å². The van der Waals surface area contributed by atoms with Crippen molar-refractivity contribution < 1.29 is 4.79 Å². The first-order valence-corrected chi connectivity index (χ1v) is 5.79. The molecule has 1 saturated carbocycles. The zero-order valence-corrected chi connectivity index (χ0v) is 9.83. The van der Waals surface area contributed by atoms with Crippen LogP contribution in [0.15, 0.2) is 12.7 Å². The quantitative estimate of drug-likeness (QED) is 0.647. The van der Waals surface area contributed by atoms with Crippen LogP contribution in [0.4, 0.5) is 0 Å². The molecule has 0 unspecified atom stereocenters. The van der Waals surface area contributed by atoms with Crippen molar-refractivity contribution in [1.29, 1.82) is 0 Å². The normalized spacial score (nSPS) is 15.4. The molecule has 1 aliphatic carbocycles. The predicted molar refractivity (Wildman–Crippen MR) is 62.7 cm³/mol. The van der Waals surface area contributed by atoms with Crippen molar-refractivity contribution in [3.8, 4) is 0 Å². The standard InChI is InChI=1S/C12H22N2O/c1-4-9-14(10(2)3)12(15)7-8-13-11-5-6-11/h4,10-11,13H,1,5-9H2,2-3H3. The summed E-state index contributed by atoms with van der Waals surface area (Å²) in [6.07, 6.45) is 4.93. The molecule has 1 N–H and O–H groups in total. The van der Waals surface area contributed by atoms with E-state index in [0.29, 0.717) is 19.0 Å². The van der Waals surface area contributed by atoms with Crippen molar-refractivity contribution in [3.63, 3.8) is 0 Å². The fourth-order valence-corrected chi connectivity index (χ4v) is 1.55. The van der Waals surface area contributed by atoms with Gasteiger partial charge in [-0.25, -0.2) is 0 Å². The van der Waals surface area contributed by atoms with Crippen molar-refractivity contribution in [2.75, 3.05) is 13.1 Å². The Balaban J connectivity index is 2.23. The van der Waals surface area contributed by atoms with E-state index in [2.05, 4.69) is 11.9 Å². The summed E-state index contributed by atoms with van der Waals surface area (Å²) in [7, 11) is 0. The average Bonchev–Trinajstić information content (AvgIpc) is 2.97. The van der Waals surface area contributed by atoms with Gasteiger partial charge in [-0.1, -0.05) is 6.08 Å². The van der Waals surface area contributed by atoms with Crippen LogP contribution in [0.1, 0.15) is 33.1 Å². The molecule has 0 radical (unpaired) electrons. The highest BCUT2D eigenvalue weighted by Gasteiger charge is 2.21. The summed E-state index contributed by atoms with van der Waals surface area (Å²) >= 11 is 0. The molecule has 86 valence electrons. The Kier molecular flexibility index (Phi) is 4.82. The smallest absolute Gasteiger partial charge is 0.224 e. The fraction of sp³-hybridized carbons (Fsp3) is 0.750. The second-order valence-corrected chi connectivity index (χ2v) is 4.41. The van der Waals surface area contributed by atoms with Crippen molar-refractivity contribution >= 4 is 5.91 Å². The summed E-state index contributed by atoms with van der Waals surface area (Å²) < 4.78 is 0. The fourth-order valence-electron chi connectivity index (χ4n) is 1.55. The van der Waals surface area contributed by atoms with Crippen molar-refractivity contribution in [3.05, 3.63) is 12.7 Å². The summed E-state index contributed by atoms with van der Waals surface area (Å²) in [6, 6.07) is 0.945. The first-order valence-electron chi connectivity index (χ1n) is 5.79. The van der Waals surface area contributed by atoms with Crippen LogP contribution in [-0.4, -0.2) is 36.0 Å². The maximum absolute atomic E-state index is 11.8. The topological polar surface area (TPSA) is 32.3 Å². The summed E-state index contributed by atoms with van der Waals surface area (Å²) in [4.78, 5) is 13.7. The molecule has 0 atom stereocenters. The van der Waals surface area contributed by atoms with Crippen molar-refractivity contribution in [2.45, 2.75) is 45.2 Å². The number of hydrogen-bond donors (Lipinski definition) is 1. The number of rotatable bonds is 7. The minimum atomic E-state index is 0.220. The van der Waals surface area contributed by atoms with Gasteiger partial charge in [-0.05, 0) is 26.7 Å². The maximum Gasteiger partial charge on any atom is 0.224 e. The molecule has 1 amide bonds. The van der Waals surface area contributed by atoms with Gasteiger partial charge in [-0.2, -0.15) is 0 Å². The molecule has 0 spiro atoms. The highest BCUT2D eigenvalue weighted by molar-refractivity contribution is 5.76. The largest absolute Gasteiger partial charge is 0.337 e.